The van der Waals surface area contributed by atoms with Gasteiger partial charge in [-0.05, 0) is 44.1 Å². The molecule has 0 radical (unpaired) electrons. The van der Waals surface area contributed by atoms with Crippen molar-refractivity contribution >= 4 is 0 Å². The molecule has 1 saturated carbocycles. The molecule has 1 aliphatic carbocycles. The van der Waals surface area contributed by atoms with Crippen LogP contribution in [0.4, 0.5) is 0 Å². The van der Waals surface area contributed by atoms with E-state index in [0.717, 1.165) is 5.41 Å². The third-order valence-corrected chi connectivity index (χ3v) is 4.53. The van der Waals surface area contributed by atoms with Crippen molar-refractivity contribution in [1.82, 2.24) is 4.90 Å². The Morgan fingerprint density at radius 1 is 1.18 bits per heavy atom. The number of rotatable bonds is 5. The number of hydrogen-bond donors (Lipinski definition) is 0. The summed E-state index contributed by atoms with van der Waals surface area (Å²) in [7, 11) is 1.84. The predicted molar refractivity (Wildman–Crippen MR) is 74.4 cm³/mol. The van der Waals surface area contributed by atoms with Crippen LogP contribution in [-0.2, 0) is 4.74 Å². The summed E-state index contributed by atoms with van der Waals surface area (Å²) in [4.78, 5) is 2.63. The third kappa shape index (κ3) is 4.59. The molecule has 0 spiro atoms. The van der Waals surface area contributed by atoms with Crippen molar-refractivity contribution in [1.29, 1.82) is 0 Å². The Kier molecular flexibility index (Phi) is 6.50. The number of methoxy groups -OCH3 is 1. The van der Waals surface area contributed by atoms with Gasteiger partial charge in [0.15, 0.2) is 0 Å². The highest BCUT2D eigenvalue weighted by molar-refractivity contribution is 4.92. The molecule has 2 fully saturated rings. The van der Waals surface area contributed by atoms with Gasteiger partial charge in [-0.3, -0.25) is 0 Å². The van der Waals surface area contributed by atoms with Gasteiger partial charge in [-0.1, -0.05) is 27.2 Å². The van der Waals surface area contributed by atoms with Gasteiger partial charge in [-0.25, -0.2) is 0 Å². The van der Waals surface area contributed by atoms with Crippen molar-refractivity contribution in [2.24, 2.45) is 5.41 Å². The fourth-order valence-electron chi connectivity index (χ4n) is 2.72. The van der Waals surface area contributed by atoms with Gasteiger partial charge in [0.25, 0.3) is 0 Å². The Morgan fingerprint density at radius 2 is 1.76 bits per heavy atom. The number of ether oxygens (including phenoxy) is 1. The van der Waals surface area contributed by atoms with Crippen LogP contribution in [0.25, 0.3) is 0 Å². The van der Waals surface area contributed by atoms with E-state index < -0.39 is 0 Å². The highest BCUT2D eigenvalue weighted by Crippen LogP contribution is 2.51. The van der Waals surface area contributed by atoms with Gasteiger partial charge in [0, 0.05) is 20.2 Å². The van der Waals surface area contributed by atoms with Gasteiger partial charge in [-0.15, -0.1) is 0 Å². The number of piperidine rings is 1. The van der Waals surface area contributed by atoms with Crippen molar-refractivity contribution in [2.75, 3.05) is 26.7 Å². The Labute approximate surface area is 108 Å². The standard InChI is InChI=1S/C13H25NO.C2H6/c1-3-13(6-7-13)8-11-14-9-4-12(15-2)5-10-14;1-2/h12H,3-11H2,1-2H3;1-2H3. The first kappa shape index (κ1) is 15.0. The minimum atomic E-state index is 0.530. The average Bonchev–Trinajstić information content (AvgIpc) is 3.20. The van der Waals surface area contributed by atoms with Crippen LogP contribution >= 0.6 is 0 Å². The second-order valence-electron chi connectivity index (χ2n) is 5.38. The smallest absolute Gasteiger partial charge is 0.0595 e. The molecule has 1 aliphatic heterocycles. The van der Waals surface area contributed by atoms with Crippen molar-refractivity contribution in [3.63, 3.8) is 0 Å². The van der Waals surface area contributed by atoms with Crippen LogP contribution in [0.2, 0.25) is 0 Å². The number of likely N-dealkylation sites (tertiary alicyclic amines) is 1. The predicted octanol–water partition coefficient (Wildman–Crippen LogP) is 3.70. The van der Waals surface area contributed by atoms with E-state index in [0.29, 0.717) is 6.10 Å². The highest BCUT2D eigenvalue weighted by Gasteiger charge is 2.40. The van der Waals surface area contributed by atoms with E-state index >= 15 is 0 Å². The van der Waals surface area contributed by atoms with Gasteiger partial charge < -0.3 is 9.64 Å². The maximum absolute atomic E-state index is 5.39. The van der Waals surface area contributed by atoms with E-state index in [1.165, 1.54) is 58.2 Å². The van der Waals surface area contributed by atoms with Gasteiger partial charge >= 0.3 is 0 Å². The summed E-state index contributed by atoms with van der Waals surface area (Å²) in [5.41, 5.74) is 0.762. The van der Waals surface area contributed by atoms with Crippen molar-refractivity contribution < 1.29 is 4.74 Å². The van der Waals surface area contributed by atoms with Crippen LogP contribution in [0.1, 0.15) is 59.3 Å². The fourth-order valence-corrected chi connectivity index (χ4v) is 2.72. The normalized spacial score (nSPS) is 24.0. The first-order valence-electron chi connectivity index (χ1n) is 7.53. The van der Waals surface area contributed by atoms with E-state index in [1.54, 1.807) is 0 Å². The highest BCUT2D eigenvalue weighted by atomic mass is 16.5. The summed E-state index contributed by atoms with van der Waals surface area (Å²) in [5, 5.41) is 0. The molecule has 0 unspecified atom stereocenters. The second-order valence-corrected chi connectivity index (χ2v) is 5.38. The molecular formula is C15H31NO. The maximum atomic E-state index is 5.39. The summed E-state index contributed by atoms with van der Waals surface area (Å²) < 4.78 is 5.39. The Hall–Kier alpha value is -0.0800. The second kappa shape index (κ2) is 7.38. The lowest BCUT2D eigenvalue weighted by Crippen LogP contribution is -2.37. The molecule has 17 heavy (non-hydrogen) atoms. The van der Waals surface area contributed by atoms with Gasteiger partial charge in [0.2, 0.25) is 0 Å². The summed E-state index contributed by atoms with van der Waals surface area (Å²) in [5.74, 6) is 0. The monoisotopic (exact) mass is 241 g/mol. The molecule has 0 aromatic carbocycles. The Bertz CT molecular complexity index is 193. The lowest BCUT2D eigenvalue weighted by Gasteiger charge is -2.32. The summed E-state index contributed by atoms with van der Waals surface area (Å²) >= 11 is 0. The number of hydrogen-bond acceptors (Lipinski definition) is 2. The van der Waals surface area contributed by atoms with Crippen LogP contribution in [0.5, 0.6) is 0 Å². The molecule has 0 amide bonds. The van der Waals surface area contributed by atoms with Gasteiger partial charge in [0.05, 0.1) is 6.10 Å². The van der Waals surface area contributed by atoms with Crippen molar-refractivity contribution in [3.05, 3.63) is 0 Å². The van der Waals surface area contributed by atoms with E-state index in [4.69, 9.17) is 4.74 Å². The van der Waals surface area contributed by atoms with Gasteiger partial charge in [-0.2, -0.15) is 0 Å². The summed E-state index contributed by atoms with van der Waals surface area (Å²) in [6.45, 7) is 10.2. The molecule has 2 nitrogen and oxygen atoms in total. The molecule has 102 valence electrons. The molecule has 1 saturated heterocycles. The average molecular weight is 241 g/mol. The van der Waals surface area contributed by atoms with Crippen LogP contribution in [0.15, 0.2) is 0 Å². The third-order valence-electron chi connectivity index (χ3n) is 4.53. The molecule has 2 rings (SSSR count). The molecule has 2 aliphatic rings. The Morgan fingerprint density at radius 3 is 2.18 bits per heavy atom. The summed E-state index contributed by atoms with van der Waals surface area (Å²) in [6, 6.07) is 0. The largest absolute Gasteiger partial charge is 0.381 e. The zero-order valence-corrected chi connectivity index (χ0v) is 12.3. The topological polar surface area (TPSA) is 12.5 Å². The SMILES string of the molecule is CC.CCC1(CCN2CCC(OC)CC2)CC1. The molecule has 0 aromatic rings. The van der Waals surface area contributed by atoms with Crippen LogP contribution in [0, 0.1) is 5.41 Å². The van der Waals surface area contributed by atoms with E-state index in [-0.39, 0.29) is 0 Å². The first-order chi connectivity index (χ1) is 8.28. The van der Waals surface area contributed by atoms with Crippen LogP contribution in [-0.4, -0.2) is 37.7 Å². The molecule has 0 atom stereocenters. The van der Waals surface area contributed by atoms with Crippen molar-refractivity contribution in [2.45, 2.75) is 65.4 Å². The van der Waals surface area contributed by atoms with E-state index in [1.807, 2.05) is 21.0 Å². The molecule has 1 heterocycles. The van der Waals surface area contributed by atoms with Crippen LogP contribution < -0.4 is 0 Å². The summed E-state index contributed by atoms with van der Waals surface area (Å²) in [6.07, 6.45) is 8.78. The minimum Gasteiger partial charge on any atom is -0.381 e. The number of nitrogens with zero attached hydrogens (tertiary/aromatic N) is 1. The quantitative estimate of drug-likeness (QED) is 0.727. The lowest BCUT2D eigenvalue weighted by molar-refractivity contribution is 0.0391. The Balaban J connectivity index is 0.000000686. The fraction of sp³-hybridized carbons (Fsp3) is 1.00. The molecule has 0 aromatic heterocycles. The zero-order chi connectivity index (χ0) is 12.7. The molecule has 2 heteroatoms. The van der Waals surface area contributed by atoms with Crippen molar-refractivity contribution in [3.8, 4) is 0 Å². The van der Waals surface area contributed by atoms with Gasteiger partial charge in [0.1, 0.15) is 0 Å². The van der Waals surface area contributed by atoms with Crippen LogP contribution in [0.3, 0.4) is 0 Å². The zero-order valence-electron chi connectivity index (χ0n) is 12.3. The maximum Gasteiger partial charge on any atom is 0.0595 e. The van der Waals surface area contributed by atoms with E-state index in [2.05, 4.69) is 11.8 Å². The first-order valence-corrected chi connectivity index (χ1v) is 7.53. The molecular weight excluding hydrogens is 210 g/mol. The molecule has 0 N–H and O–H groups in total. The van der Waals surface area contributed by atoms with E-state index in [9.17, 15) is 0 Å². The minimum absolute atomic E-state index is 0.530. The lowest BCUT2D eigenvalue weighted by atomic mass is 9.98. The molecule has 0 bridgehead atoms.